The van der Waals surface area contributed by atoms with Crippen molar-refractivity contribution in [1.82, 2.24) is 19.9 Å². The van der Waals surface area contributed by atoms with Crippen LogP contribution in [0.1, 0.15) is 0 Å². The zero-order valence-corrected chi connectivity index (χ0v) is 37.9. The summed E-state index contributed by atoms with van der Waals surface area (Å²) < 4.78 is 0. The Balaban J connectivity index is 0.869. The van der Waals surface area contributed by atoms with E-state index in [0.717, 1.165) is 77.3 Å². The summed E-state index contributed by atoms with van der Waals surface area (Å²) in [6.07, 6.45) is 0. The molecule has 0 atom stereocenters. The second-order valence-corrected chi connectivity index (χ2v) is 18.1. The van der Waals surface area contributed by atoms with Gasteiger partial charge in [0.25, 0.3) is 0 Å². The van der Waals surface area contributed by atoms with Crippen molar-refractivity contribution in [2.45, 2.75) is 0 Å². The molecule has 0 bridgehead atoms. The quantitative estimate of drug-likeness (QED) is 0.156. The molecule has 324 valence electrons. The first-order chi connectivity index (χ1) is 34.7. The molecule has 0 radical (unpaired) electrons. The summed E-state index contributed by atoms with van der Waals surface area (Å²) in [7, 11) is 0. The van der Waals surface area contributed by atoms with Crippen molar-refractivity contribution in [3.63, 3.8) is 0 Å². The van der Waals surface area contributed by atoms with Crippen LogP contribution in [0.2, 0.25) is 0 Å². The van der Waals surface area contributed by atoms with Crippen molar-refractivity contribution in [1.29, 1.82) is 0 Å². The van der Waals surface area contributed by atoms with E-state index in [0.29, 0.717) is 11.6 Å². The number of para-hydroxylation sites is 2. The Kier molecular flexibility index (Phi) is 9.17. The molecule has 0 N–H and O–H groups in total. The minimum absolute atomic E-state index is 0.683. The van der Waals surface area contributed by atoms with Crippen molar-refractivity contribution in [3.05, 3.63) is 243 Å². The molecule has 14 aromatic rings. The first-order valence-corrected chi connectivity index (χ1v) is 23.8. The Morgan fingerprint density at radius 1 is 0.200 bits per heavy atom. The summed E-state index contributed by atoms with van der Waals surface area (Å²) in [5.41, 5.74) is 12.3. The van der Waals surface area contributed by atoms with Crippen LogP contribution in [0.15, 0.2) is 243 Å². The maximum atomic E-state index is 5.41. The third-order valence-corrected chi connectivity index (χ3v) is 14.1. The summed E-state index contributed by atoms with van der Waals surface area (Å²) in [5, 5.41) is 14.1. The fourth-order valence-corrected chi connectivity index (χ4v) is 10.7. The fraction of sp³-hybridized carbons (Fsp3) is 0. The molecule has 70 heavy (non-hydrogen) atoms. The Morgan fingerprint density at radius 2 is 0.500 bits per heavy atom. The molecular weight excluding hydrogens is 849 g/mol. The lowest BCUT2D eigenvalue weighted by Gasteiger charge is -2.16. The highest BCUT2D eigenvalue weighted by Crippen LogP contribution is 2.42. The summed E-state index contributed by atoms with van der Waals surface area (Å²) in [6.45, 7) is 0. The molecule has 0 fully saturated rings. The standard InChI is InChI=1S/C66H40N4/c1-3-17-47-45(15-1)39-59(53-23-9-5-19-49(47)53)41-29-33-43(34-30-41)65-67-61-27-13-11-25-57(61)63(69-65)55-37-38-56(52-22-8-7-21-51(52)55)64-58-26-12-14-28-62(58)68-66(70-64)44-35-31-42(32-36-44)60-40-46-16-2-4-18-48(46)50-20-6-10-24-54(50)60/h1-40H. The van der Waals surface area contributed by atoms with E-state index in [1.807, 2.05) is 0 Å². The topological polar surface area (TPSA) is 51.6 Å². The van der Waals surface area contributed by atoms with Crippen LogP contribution in [-0.4, -0.2) is 19.9 Å². The van der Waals surface area contributed by atoms with Crippen LogP contribution in [0.5, 0.6) is 0 Å². The van der Waals surface area contributed by atoms with E-state index in [2.05, 4.69) is 243 Å². The van der Waals surface area contributed by atoms with Crippen LogP contribution < -0.4 is 0 Å². The lowest BCUT2D eigenvalue weighted by atomic mass is 9.92. The monoisotopic (exact) mass is 888 g/mol. The summed E-state index contributed by atoms with van der Waals surface area (Å²) >= 11 is 0. The lowest BCUT2D eigenvalue weighted by molar-refractivity contribution is 1.23. The first-order valence-electron chi connectivity index (χ1n) is 23.8. The molecule has 4 heteroatoms. The largest absolute Gasteiger partial charge is 0.228 e. The van der Waals surface area contributed by atoms with Gasteiger partial charge in [-0.05, 0) is 100 Å². The molecule has 0 amide bonds. The number of aromatic nitrogens is 4. The molecule has 0 unspecified atom stereocenters. The van der Waals surface area contributed by atoms with Crippen LogP contribution in [0, 0.1) is 0 Å². The van der Waals surface area contributed by atoms with Gasteiger partial charge >= 0.3 is 0 Å². The predicted molar refractivity (Wildman–Crippen MR) is 293 cm³/mol. The Bertz CT molecular complexity index is 4120. The molecule has 12 aromatic carbocycles. The van der Waals surface area contributed by atoms with Crippen molar-refractivity contribution in [2.75, 3.05) is 0 Å². The summed E-state index contributed by atoms with van der Waals surface area (Å²) in [5.74, 6) is 1.37. The smallest absolute Gasteiger partial charge is 0.160 e. The highest BCUT2D eigenvalue weighted by Gasteiger charge is 2.20. The van der Waals surface area contributed by atoms with E-state index in [1.54, 1.807) is 0 Å². The van der Waals surface area contributed by atoms with E-state index in [4.69, 9.17) is 19.9 Å². The Morgan fingerprint density at radius 3 is 0.900 bits per heavy atom. The molecule has 0 saturated heterocycles. The van der Waals surface area contributed by atoms with Gasteiger partial charge in [0.2, 0.25) is 0 Å². The number of rotatable bonds is 6. The third-order valence-electron chi connectivity index (χ3n) is 14.1. The molecule has 14 rings (SSSR count). The Labute approximate surface area is 403 Å². The fourth-order valence-electron chi connectivity index (χ4n) is 10.7. The van der Waals surface area contributed by atoms with E-state index in [9.17, 15) is 0 Å². The zero-order valence-electron chi connectivity index (χ0n) is 37.9. The molecule has 2 heterocycles. The molecule has 0 aliphatic rings. The average molecular weight is 889 g/mol. The predicted octanol–water partition coefficient (Wildman–Crippen LogP) is 17.3. The number of fused-ring (bicyclic) bond motifs is 9. The number of nitrogens with zero attached hydrogens (tertiary/aromatic N) is 4. The van der Waals surface area contributed by atoms with Gasteiger partial charge in [-0.25, -0.2) is 19.9 Å². The van der Waals surface area contributed by atoms with E-state index < -0.39 is 0 Å². The van der Waals surface area contributed by atoms with Gasteiger partial charge in [0.05, 0.1) is 22.4 Å². The van der Waals surface area contributed by atoms with Gasteiger partial charge in [-0.3, -0.25) is 0 Å². The number of hydrogen-bond donors (Lipinski definition) is 0. The number of hydrogen-bond acceptors (Lipinski definition) is 4. The minimum atomic E-state index is 0.683. The van der Waals surface area contributed by atoms with Gasteiger partial charge in [-0.1, -0.05) is 218 Å². The highest BCUT2D eigenvalue weighted by atomic mass is 14.9. The maximum absolute atomic E-state index is 5.41. The van der Waals surface area contributed by atoms with Crippen LogP contribution in [-0.2, 0) is 0 Å². The van der Waals surface area contributed by atoms with Crippen LogP contribution in [0.25, 0.3) is 143 Å². The van der Waals surface area contributed by atoms with Gasteiger partial charge in [0.15, 0.2) is 11.6 Å². The summed E-state index contributed by atoms with van der Waals surface area (Å²) in [6, 6.07) is 86.4. The third kappa shape index (κ3) is 6.53. The molecule has 0 saturated carbocycles. The van der Waals surface area contributed by atoms with Crippen LogP contribution >= 0.6 is 0 Å². The van der Waals surface area contributed by atoms with Crippen molar-refractivity contribution in [2.24, 2.45) is 0 Å². The molecular formula is C66H40N4. The molecule has 0 aliphatic carbocycles. The van der Waals surface area contributed by atoms with Crippen molar-refractivity contribution < 1.29 is 0 Å². The second kappa shape index (κ2) is 16.2. The van der Waals surface area contributed by atoms with Gasteiger partial charge in [-0.2, -0.15) is 0 Å². The normalized spacial score (nSPS) is 11.7. The van der Waals surface area contributed by atoms with Gasteiger partial charge < -0.3 is 0 Å². The molecule has 0 spiro atoms. The van der Waals surface area contributed by atoms with Gasteiger partial charge in [-0.15, -0.1) is 0 Å². The van der Waals surface area contributed by atoms with Gasteiger partial charge in [0.1, 0.15) is 0 Å². The average Bonchev–Trinajstić information content (AvgIpc) is 3.44. The van der Waals surface area contributed by atoms with Crippen LogP contribution in [0.4, 0.5) is 0 Å². The van der Waals surface area contributed by atoms with E-state index >= 15 is 0 Å². The minimum Gasteiger partial charge on any atom is -0.228 e. The molecule has 2 aromatic heterocycles. The SMILES string of the molecule is c1ccc2c(c1)cc(-c1ccc(-c3nc(-c4ccc(-c5nc(-c6ccc(-c7cc8ccccc8c8ccccc78)cc6)nc6ccccc56)c5ccccc45)c4ccccc4n3)cc1)c1ccccc12. The van der Waals surface area contributed by atoms with E-state index in [-0.39, 0.29) is 0 Å². The van der Waals surface area contributed by atoms with Crippen molar-refractivity contribution >= 4 is 75.7 Å². The summed E-state index contributed by atoms with van der Waals surface area (Å²) in [4.78, 5) is 21.2. The lowest BCUT2D eigenvalue weighted by Crippen LogP contribution is -1.98. The molecule has 0 aliphatic heterocycles. The zero-order chi connectivity index (χ0) is 46.1. The second-order valence-electron chi connectivity index (χ2n) is 18.1. The first kappa shape index (κ1) is 39.8. The van der Waals surface area contributed by atoms with Gasteiger partial charge in [0, 0.05) is 33.0 Å². The van der Waals surface area contributed by atoms with Crippen LogP contribution in [0.3, 0.4) is 0 Å². The maximum Gasteiger partial charge on any atom is 0.160 e. The Hall–Kier alpha value is -9.38. The van der Waals surface area contributed by atoms with E-state index in [1.165, 1.54) is 54.2 Å². The molecule has 4 nitrogen and oxygen atoms in total. The highest BCUT2D eigenvalue weighted by molar-refractivity contribution is 6.15. The van der Waals surface area contributed by atoms with Crippen molar-refractivity contribution in [3.8, 4) is 67.5 Å². The number of benzene rings is 12.